The zero-order valence-corrected chi connectivity index (χ0v) is 6.13. The van der Waals surface area contributed by atoms with Gasteiger partial charge in [-0.3, -0.25) is 4.79 Å². The molecule has 0 rings (SSSR count). The molecule has 0 aromatic rings. The van der Waals surface area contributed by atoms with E-state index in [2.05, 4.69) is 4.74 Å². The first kappa shape index (κ1) is 5.13. The number of carbonyl (C=O) groups excluding carboxylic acids is 1. The minimum Gasteiger partial charge on any atom is -0.463 e. The molecular weight excluding hydrogens is 132 g/mol. The lowest BCUT2D eigenvalue weighted by atomic mass is 10.2. The second kappa shape index (κ2) is 4.28. The molecule has 10 heavy (non-hydrogen) atoms. The van der Waals surface area contributed by atoms with Crippen LogP contribution in [0.15, 0.2) is 0 Å². The molecule has 0 unspecified atom stereocenters. The Kier molecular flexibility index (Phi) is 2.19. The highest BCUT2D eigenvalue weighted by Crippen LogP contribution is 2.01. The van der Waals surface area contributed by atoms with Gasteiger partial charge in [-0.2, -0.15) is 0 Å². The van der Waals surface area contributed by atoms with Crippen LogP contribution in [0.25, 0.3) is 0 Å². The van der Waals surface area contributed by atoms with Gasteiger partial charge in [-0.05, 0) is 13.8 Å². The SMILES string of the molecule is [2H]C([2H])([2H])C(=O)O[C@H](C)C[C@H](C)O. The highest BCUT2D eigenvalue weighted by atomic mass is 16.5. The Hall–Kier alpha value is -0.570. The van der Waals surface area contributed by atoms with Gasteiger partial charge in [0.2, 0.25) is 0 Å². The molecule has 0 aromatic carbocycles. The third kappa shape index (κ3) is 5.56. The van der Waals surface area contributed by atoms with Gasteiger partial charge < -0.3 is 9.84 Å². The Labute approximate surface area is 65.2 Å². The van der Waals surface area contributed by atoms with Crippen molar-refractivity contribution < 1.29 is 18.8 Å². The number of aliphatic hydroxyl groups is 1. The molecule has 0 bridgehead atoms. The Balaban J connectivity index is 3.93. The lowest BCUT2D eigenvalue weighted by Crippen LogP contribution is -2.17. The molecule has 0 fully saturated rings. The maximum absolute atomic E-state index is 10.8. The van der Waals surface area contributed by atoms with Crippen molar-refractivity contribution in [3.63, 3.8) is 0 Å². The Morgan fingerprint density at radius 1 is 1.80 bits per heavy atom. The van der Waals surface area contributed by atoms with E-state index >= 15 is 0 Å². The van der Waals surface area contributed by atoms with E-state index in [4.69, 9.17) is 9.22 Å². The second-order valence-electron chi connectivity index (χ2n) is 2.30. The highest BCUT2D eigenvalue weighted by molar-refractivity contribution is 5.66. The number of hydrogen-bond donors (Lipinski definition) is 1. The van der Waals surface area contributed by atoms with Crippen molar-refractivity contribution in [3.05, 3.63) is 0 Å². The topological polar surface area (TPSA) is 46.5 Å². The predicted octanol–water partition coefficient (Wildman–Crippen LogP) is 0.709. The lowest BCUT2D eigenvalue weighted by Gasteiger charge is -2.12. The van der Waals surface area contributed by atoms with E-state index in [1.54, 1.807) is 6.92 Å². The summed E-state index contributed by atoms with van der Waals surface area (Å²) in [5, 5.41) is 8.91. The first-order valence-electron chi connectivity index (χ1n) is 4.62. The summed E-state index contributed by atoms with van der Waals surface area (Å²) < 4.78 is 24.7. The number of rotatable bonds is 3. The van der Waals surface area contributed by atoms with Crippen molar-refractivity contribution in [1.82, 2.24) is 0 Å². The fourth-order valence-corrected chi connectivity index (χ4v) is 0.711. The summed E-state index contributed by atoms with van der Waals surface area (Å²) in [5.74, 6) is -1.22. The molecule has 60 valence electrons. The number of carbonyl (C=O) groups is 1. The lowest BCUT2D eigenvalue weighted by molar-refractivity contribution is -0.146. The molecule has 0 saturated carbocycles. The first-order chi connectivity index (χ1) is 5.73. The number of hydrogen-bond acceptors (Lipinski definition) is 3. The van der Waals surface area contributed by atoms with Gasteiger partial charge in [-0.1, -0.05) is 0 Å². The summed E-state index contributed by atoms with van der Waals surface area (Å²) in [6.45, 7) is 0.364. The van der Waals surface area contributed by atoms with Crippen LogP contribution in [0.1, 0.15) is 31.2 Å². The smallest absolute Gasteiger partial charge is 0.302 e. The predicted molar refractivity (Wildman–Crippen MR) is 37.5 cm³/mol. The molecule has 0 heterocycles. The Morgan fingerprint density at radius 3 is 2.80 bits per heavy atom. The zero-order chi connectivity index (χ0) is 10.6. The van der Waals surface area contributed by atoms with Crippen LogP contribution in [-0.2, 0) is 9.53 Å². The van der Waals surface area contributed by atoms with Crippen molar-refractivity contribution in [2.24, 2.45) is 0 Å². The van der Waals surface area contributed by atoms with Crippen LogP contribution in [0.4, 0.5) is 0 Å². The molecule has 2 atom stereocenters. The van der Waals surface area contributed by atoms with Gasteiger partial charge in [-0.25, -0.2) is 0 Å². The van der Waals surface area contributed by atoms with Gasteiger partial charge in [-0.15, -0.1) is 0 Å². The van der Waals surface area contributed by atoms with E-state index in [0.29, 0.717) is 0 Å². The van der Waals surface area contributed by atoms with E-state index in [0.717, 1.165) is 0 Å². The number of ether oxygens (including phenoxy) is 1. The minimum absolute atomic E-state index is 0.238. The van der Waals surface area contributed by atoms with E-state index in [1.807, 2.05) is 0 Å². The minimum atomic E-state index is -2.72. The van der Waals surface area contributed by atoms with Crippen LogP contribution in [-0.4, -0.2) is 23.3 Å². The average Bonchev–Trinajstić information content (AvgIpc) is 1.82. The quantitative estimate of drug-likeness (QED) is 0.601. The monoisotopic (exact) mass is 149 g/mol. The van der Waals surface area contributed by atoms with Crippen LogP contribution in [0.5, 0.6) is 0 Å². The molecule has 0 amide bonds. The van der Waals surface area contributed by atoms with Gasteiger partial charge >= 0.3 is 5.97 Å². The molecule has 1 N–H and O–H groups in total. The van der Waals surface area contributed by atoms with E-state index in [-0.39, 0.29) is 6.42 Å². The van der Waals surface area contributed by atoms with Crippen molar-refractivity contribution in [2.45, 2.75) is 39.3 Å². The molecule has 0 aromatic heterocycles. The zero-order valence-electron chi connectivity index (χ0n) is 9.13. The molecule has 0 aliphatic carbocycles. The summed E-state index contributed by atoms with van der Waals surface area (Å²) in [4.78, 5) is 10.8. The van der Waals surface area contributed by atoms with Crippen molar-refractivity contribution in [2.75, 3.05) is 0 Å². The van der Waals surface area contributed by atoms with Crippen molar-refractivity contribution >= 4 is 5.97 Å². The molecule has 0 saturated heterocycles. The van der Waals surface area contributed by atoms with Crippen LogP contribution in [0.2, 0.25) is 0 Å². The maximum atomic E-state index is 10.8. The molecule has 0 radical (unpaired) electrons. The van der Waals surface area contributed by atoms with Gasteiger partial charge in [0.15, 0.2) is 0 Å². The van der Waals surface area contributed by atoms with Crippen LogP contribution in [0, 0.1) is 0 Å². The molecular formula is C7H14O3. The van der Waals surface area contributed by atoms with Gasteiger partial charge in [0.1, 0.15) is 6.10 Å². The third-order valence-electron chi connectivity index (χ3n) is 0.981. The summed E-state index contributed by atoms with van der Waals surface area (Å²) >= 11 is 0. The number of aliphatic hydroxyl groups excluding tert-OH is 1. The molecule has 0 spiro atoms. The highest BCUT2D eigenvalue weighted by Gasteiger charge is 2.07. The fraction of sp³-hybridized carbons (Fsp3) is 0.857. The van der Waals surface area contributed by atoms with Crippen LogP contribution in [0.3, 0.4) is 0 Å². The second-order valence-corrected chi connectivity index (χ2v) is 2.30. The van der Waals surface area contributed by atoms with Gasteiger partial charge in [0.25, 0.3) is 0 Å². The van der Waals surface area contributed by atoms with E-state index in [1.165, 1.54) is 6.92 Å². The maximum Gasteiger partial charge on any atom is 0.302 e. The normalized spacial score (nSPS) is 21.7. The van der Waals surface area contributed by atoms with Gasteiger partial charge in [0.05, 0.1) is 6.10 Å². The van der Waals surface area contributed by atoms with Crippen molar-refractivity contribution in [1.29, 1.82) is 0 Å². The summed E-state index contributed by atoms with van der Waals surface area (Å²) in [7, 11) is 0. The summed E-state index contributed by atoms with van der Waals surface area (Å²) in [5.41, 5.74) is 0. The first-order valence-corrected chi connectivity index (χ1v) is 3.12. The summed E-state index contributed by atoms with van der Waals surface area (Å²) in [6, 6.07) is 0. The average molecular weight is 149 g/mol. The fourth-order valence-electron chi connectivity index (χ4n) is 0.711. The molecule has 3 nitrogen and oxygen atoms in total. The number of esters is 1. The third-order valence-corrected chi connectivity index (χ3v) is 0.981. The van der Waals surface area contributed by atoms with E-state index < -0.39 is 25.0 Å². The molecule has 0 aliphatic heterocycles. The molecule has 3 heteroatoms. The van der Waals surface area contributed by atoms with Crippen molar-refractivity contribution in [3.8, 4) is 0 Å². The standard InChI is InChI=1S/C7H14O3/c1-5(8)4-6(2)10-7(3)9/h5-6,8H,4H2,1-3H3/t5-,6+/m0/s1/i3D3. The Morgan fingerprint density at radius 2 is 2.40 bits per heavy atom. The Bertz CT molecular complexity index is 176. The van der Waals surface area contributed by atoms with Gasteiger partial charge in [0, 0.05) is 17.4 Å². The van der Waals surface area contributed by atoms with Crippen LogP contribution >= 0.6 is 0 Å². The summed E-state index contributed by atoms with van der Waals surface area (Å²) in [6.07, 6.45) is -0.950. The van der Waals surface area contributed by atoms with Crippen LogP contribution < -0.4 is 0 Å². The van der Waals surface area contributed by atoms with E-state index in [9.17, 15) is 4.79 Å². The largest absolute Gasteiger partial charge is 0.463 e. The molecule has 0 aliphatic rings.